The van der Waals surface area contributed by atoms with Gasteiger partial charge in [-0.15, -0.1) is 11.3 Å². The first-order valence-corrected chi connectivity index (χ1v) is 6.51. The van der Waals surface area contributed by atoms with Crippen LogP contribution >= 0.6 is 11.3 Å². The van der Waals surface area contributed by atoms with Gasteiger partial charge in [-0.25, -0.2) is 0 Å². The molecule has 0 bridgehead atoms. The predicted molar refractivity (Wildman–Crippen MR) is 77.2 cm³/mol. The summed E-state index contributed by atoms with van der Waals surface area (Å²) in [5.41, 5.74) is 2.52. The van der Waals surface area contributed by atoms with Gasteiger partial charge in [0, 0.05) is 4.70 Å². The zero-order valence-corrected chi connectivity index (χ0v) is 10.2. The van der Waals surface area contributed by atoms with E-state index in [1.165, 1.54) is 21.2 Å². The zero-order chi connectivity index (χ0) is 11.5. The molecule has 0 fully saturated rings. The van der Waals surface area contributed by atoms with Crippen LogP contribution in [-0.2, 0) is 0 Å². The van der Waals surface area contributed by atoms with Gasteiger partial charge in [0.15, 0.2) is 0 Å². The highest BCUT2D eigenvalue weighted by molar-refractivity contribution is 7.17. The van der Waals surface area contributed by atoms with Crippen LogP contribution in [0.1, 0.15) is 11.1 Å². The van der Waals surface area contributed by atoms with Crippen LogP contribution in [-0.4, -0.2) is 0 Å². The van der Waals surface area contributed by atoms with Gasteiger partial charge in [-0.3, -0.25) is 0 Å². The van der Waals surface area contributed by atoms with Crippen molar-refractivity contribution in [3.05, 3.63) is 71.1 Å². The van der Waals surface area contributed by atoms with Crippen molar-refractivity contribution in [3.8, 4) is 0 Å². The number of hydrogen-bond acceptors (Lipinski definition) is 1. The molecule has 0 amide bonds. The quantitative estimate of drug-likeness (QED) is 0.545. The fraction of sp³-hybridized carbons (Fsp3) is 0. The van der Waals surface area contributed by atoms with E-state index < -0.39 is 0 Å². The SMILES string of the molecule is C(=C\c1cccc2sccc12)/c1ccccc1. The Hall–Kier alpha value is -1.86. The van der Waals surface area contributed by atoms with Crippen molar-refractivity contribution in [2.24, 2.45) is 0 Å². The van der Waals surface area contributed by atoms with E-state index in [9.17, 15) is 0 Å². The number of benzene rings is 2. The van der Waals surface area contributed by atoms with Crippen LogP contribution in [0, 0.1) is 0 Å². The Bertz CT molecular complexity index is 647. The van der Waals surface area contributed by atoms with Gasteiger partial charge in [-0.2, -0.15) is 0 Å². The van der Waals surface area contributed by atoms with Gasteiger partial charge in [0.25, 0.3) is 0 Å². The summed E-state index contributed by atoms with van der Waals surface area (Å²) in [6, 6.07) is 19.0. The molecule has 1 heterocycles. The minimum Gasteiger partial charge on any atom is -0.144 e. The van der Waals surface area contributed by atoms with E-state index in [1.807, 2.05) is 6.07 Å². The second-order valence-electron chi connectivity index (χ2n) is 3.92. The molecule has 0 unspecified atom stereocenters. The molecule has 17 heavy (non-hydrogen) atoms. The first-order valence-electron chi connectivity index (χ1n) is 5.63. The van der Waals surface area contributed by atoms with Crippen LogP contribution in [0.5, 0.6) is 0 Å². The van der Waals surface area contributed by atoms with Crippen molar-refractivity contribution < 1.29 is 0 Å². The standard InChI is InChI=1S/C16H12S/c1-2-5-13(6-3-1)9-10-14-7-4-8-16-15(14)11-12-17-16/h1-12H/b10-9+. The lowest BCUT2D eigenvalue weighted by Crippen LogP contribution is -1.73. The summed E-state index contributed by atoms with van der Waals surface area (Å²) in [6.45, 7) is 0. The molecule has 82 valence electrons. The number of hydrogen-bond donors (Lipinski definition) is 0. The summed E-state index contributed by atoms with van der Waals surface area (Å²) >= 11 is 1.79. The van der Waals surface area contributed by atoms with Crippen LogP contribution in [0.25, 0.3) is 22.2 Å². The van der Waals surface area contributed by atoms with Crippen molar-refractivity contribution in [3.63, 3.8) is 0 Å². The molecule has 0 aliphatic rings. The van der Waals surface area contributed by atoms with E-state index in [-0.39, 0.29) is 0 Å². The maximum Gasteiger partial charge on any atom is 0.0348 e. The van der Waals surface area contributed by atoms with Crippen molar-refractivity contribution in [2.75, 3.05) is 0 Å². The summed E-state index contributed by atoms with van der Waals surface area (Å²) < 4.78 is 1.35. The Morgan fingerprint density at radius 1 is 0.765 bits per heavy atom. The summed E-state index contributed by atoms with van der Waals surface area (Å²) in [5.74, 6) is 0. The van der Waals surface area contributed by atoms with Gasteiger partial charge in [0.2, 0.25) is 0 Å². The van der Waals surface area contributed by atoms with E-state index >= 15 is 0 Å². The molecule has 0 radical (unpaired) electrons. The van der Waals surface area contributed by atoms with Crippen LogP contribution < -0.4 is 0 Å². The van der Waals surface area contributed by atoms with E-state index in [0.717, 1.165) is 0 Å². The molecule has 0 aliphatic heterocycles. The van der Waals surface area contributed by atoms with Gasteiger partial charge >= 0.3 is 0 Å². The lowest BCUT2D eigenvalue weighted by atomic mass is 10.1. The Kier molecular flexibility index (Phi) is 2.76. The third-order valence-electron chi connectivity index (χ3n) is 2.78. The van der Waals surface area contributed by atoms with Crippen LogP contribution in [0.2, 0.25) is 0 Å². The number of rotatable bonds is 2. The molecule has 0 atom stereocenters. The van der Waals surface area contributed by atoms with E-state index in [1.54, 1.807) is 11.3 Å². The normalized spacial score (nSPS) is 11.3. The Balaban J connectivity index is 2.00. The Morgan fingerprint density at radius 3 is 2.53 bits per heavy atom. The second kappa shape index (κ2) is 4.56. The lowest BCUT2D eigenvalue weighted by molar-refractivity contribution is 1.66. The topological polar surface area (TPSA) is 0 Å². The van der Waals surface area contributed by atoms with Gasteiger partial charge in [0.05, 0.1) is 0 Å². The molecule has 0 saturated heterocycles. The largest absolute Gasteiger partial charge is 0.144 e. The zero-order valence-electron chi connectivity index (χ0n) is 9.34. The fourth-order valence-corrected chi connectivity index (χ4v) is 2.73. The molecular formula is C16H12S. The smallest absolute Gasteiger partial charge is 0.0348 e. The van der Waals surface area contributed by atoms with Crippen molar-refractivity contribution in [2.45, 2.75) is 0 Å². The highest BCUT2D eigenvalue weighted by atomic mass is 32.1. The molecule has 0 spiro atoms. The Labute approximate surface area is 105 Å². The van der Waals surface area contributed by atoms with Crippen molar-refractivity contribution in [1.29, 1.82) is 0 Å². The van der Waals surface area contributed by atoms with Crippen LogP contribution in [0.3, 0.4) is 0 Å². The van der Waals surface area contributed by atoms with Gasteiger partial charge < -0.3 is 0 Å². The van der Waals surface area contributed by atoms with Crippen molar-refractivity contribution in [1.82, 2.24) is 0 Å². The first kappa shape index (κ1) is 10.3. The average Bonchev–Trinajstić information content (AvgIpc) is 2.86. The molecule has 0 nitrogen and oxygen atoms in total. The first-order chi connectivity index (χ1) is 8.43. The summed E-state index contributed by atoms with van der Waals surface area (Å²) in [6.07, 6.45) is 4.34. The van der Waals surface area contributed by atoms with E-state index in [4.69, 9.17) is 0 Å². The molecule has 0 aliphatic carbocycles. The molecule has 1 aromatic heterocycles. The molecule has 3 aromatic rings. The second-order valence-corrected chi connectivity index (χ2v) is 4.87. The molecule has 1 heteroatoms. The van der Waals surface area contributed by atoms with E-state index in [0.29, 0.717) is 0 Å². The summed E-state index contributed by atoms with van der Waals surface area (Å²) in [7, 11) is 0. The van der Waals surface area contributed by atoms with Gasteiger partial charge in [0.1, 0.15) is 0 Å². The highest BCUT2D eigenvalue weighted by Crippen LogP contribution is 2.25. The number of thiophene rings is 1. The van der Waals surface area contributed by atoms with Crippen LogP contribution in [0.15, 0.2) is 60.0 Å². The van der Waals surface area contributed by atoms with Gasteiger partial charge in [-0.1, -0.05) is 54.6 Å². The fourth-order valence-electron chi connectivity index (χ4n) is 1.91. The third-order valence-corrected chi connectivity index (χ3v) is 3.67. The minimum absolute atomic E-state index is 1.24. The minimum atomic E-state index is 1.24. The molecular weight excluding hydrogens is 224 g/mol. The van der Waals surface area contributed by atoms with Gasteiger partial charge in [-0.05, 0) is 34.0 Å². The molecule has 3 rings (SSSR count). The predicted octanol–water partition coefficient (Wildman–Crippen LogP) is 5.07. The molecule has 0 N–H and O–H groups in total. The lowest BCUT2D eigenvalue weighted by Gasteiger charge is -1.96. The Morgan fingerprint density at radius 2 is 1.65 bits per heavy atom. The van der Waals surface area contributed by atoms with E-state index in [2.05, 4.69) is 66.1 Å². The maximum absolute atomic E-state index is 2.19. The van der Waals surface area contributed by atoms with Crippen LogP contribution in [0.4, 0.5) is 0 Å². The monoisotopic (exact) mass is 236 g/mol. The molecule has 0 saturated carbocycles. The number of fused-ring (bicyclic) bond motifs is 1. The summed E-state index contributed by atoms with van der Waals surface area (Å²) in [5, 5.41) is 3.48. The maximum atomic E-state index is 2.19. The van der Waals surface area contributed by atoms with Crippen molar-refractivity contribution >= 4 is 33.6 Å². The highest BCUT2D eigenvalue weighted by Gasteiger charge is 1.97. The molecule has 2 aromatic carbocycles. The summed E-state index contributed by atoms with van der Waals surface area (Å²) in [4.78, 5) is 0. The average molecular weight is 236 g/mol. The third kappa shape index (κ3) is 2.15.